The van der Waals surface area contributed by atoms with Gasteiger partial charge in [0.05, 0.1) is 12.5 Å². The maximum Gasteiger partial charge on any atom is 0.416 e. The molecule has 1 spiro atoms. The second-order valence-electron chi connectivity index (χ2n) is 8.69. The van der Waals surface area contributed by atoms with Gasteiger partial charge in [-0.15, -0.1) is 0 Å². The van der Waals surface area contributed by atoms with E-state index in [9.17, 15) is 14.4 Å². The number of rotatable bonds is 2. The highest BCUT2D eigenvalue weighted by Gasteiger charge is 2.70. The zero-order chi connectivity index (χ0) is 21.2. The van der Waals surface area contributed by atoms with Crippen molar-refractivity contribution in [1.82, 2.24) is 9.80 Å². The first-order valence-corrected chi connectivity index (χ1v) is 10.8. The second kappa shape index (κ2) is 6.65. The number of fused-ring (bicyclic) bond motifs is 4. The number of imide groups is 1. The van der Waals surface area contributed by atoms with Crippen LogP contribution in [-0.2, 0) is 19.9 Å². The van der Waals surface area contributed by atoms with Crippen LogP contribution < -0.4 is 5.32 Å². The van der Waals surface area contributed by atoms with E-state index in [0.717, 1.165) is 36.2 Å². The molecule has 0 aromatic heterocycles. The SMILES string of the molecule is O=C1OCCN1C(=O)[C@H]1[C@H](c2ccccc2)[C@H]2CCCN2[C@]12C(=O)Nc1ccccc12. The van der Waals surface area contributed by atoms with Crippen LogP contribution in [0.3, 0.4) is 0 Å². The monoisotopic (exact) mass is 417 g/mol. The first-order valence-electron chi connectivity index (χ1n) is 10.8. The summed E-state index contributed by atoms with van der Waals surface area (Å²) in [6, 6.07) is 17.6. The molecule has 2 aromatic carbocycles. The molecule has 7 heteroatoms. The number of carbonyl (C=O) groups excluding carboxylic acids is 3. The van der Waals surface area contributed by atoms with Crippen LogP contribution in [0.1, 0.15) is 29.9 Å². The topological polar surface area (TPSA) is 79.0 Å². The Bertz CT molecular complexity index is 1090. The minimum absolute atomic E-state index is 0.0480. The van der Waals surface area contributed by atoms with Gasteiger partial charge in [0.2, 0.25) is 11.8 Å². The highest BCUT2D eigenvalue weighted by molar-refractivity contribution is 6.10. The van der Waals surface area contributed by atoms with Gasteiger partial charge in [-0.3, -0.25) is 14.5 Å². The smallest absolute Gasteiger partial charge is 0.416 e. The van der Waals surface area contributed by atoms with Crippen molar-refractivity contribution in [3.8, 4) is 0 Å². The summed E-state index contributed by atoms with van der Waals surface area (Å²) in [5.41, 5.74) is 1.47. The Morgan fingerprint density at radius 1 is 1.03 bits per heavy atom. The van der Waals surface area contributed by atoms with Crippen LogP contribution in [0.25, 0.3) is 0 Å². The number of ether oxygens (including phenoxy) is 1. The van der Waals surface area contributed by atoms with Gasteiger partial charge < -0.3 is 10.1 Å². The Morgan fingerprint density at radius 3 is 2.58 bits per heavy atom. The Balaban J connectivity index is 1.60. The maximum atomic E-state index is 14.0. The lowest BCUT2D eigenvalue weighted by Gasteiger charge is -2.37. The third-order valence-electron chi connectivity index (χ3n) is 7.39. The van der Waals surface area contributed by atoms with Gasteiger partial charge >= 0.3 is 6.09 Å². The van der Waals surface area contributed by atoms with Crippen molar-refractivity contribution >= 4 is 23.6 Å². The number of cyclic esters (lactones) is 1. The first kappa shape index (κ1) is 18.6. The molecule has 4 heterocycles. The van der Waals surface area contributed by atoms with Crippen molar-refractivity contribution in [2.75, 3.05) is 25.0 Å². The van der Waals surface area contributed by atoms with Gasteiger partial charge in [0, 0.05) is 23.2 Å². The van der Waals surface area contributed by atoms with Gasteiger partial charge in [-0.25, -0.2) is 9.69 Å². The van der Waals surface area contributed by atoms with E-state index >= 15 is 0 Å². The average molecular weight is 417 g/mol. The van der Waals surface area contributed by atoms with Gasteiger partial charge in [-0.05, 0) is 31.0 Å². The predicted molar refractivity (Wildman–Crippen MR) is 112 cm³/mol. The summed E-state index contributed by atoms with van der Waals surface area (Å²) in [6.07, 6.45) is 1.26. The number of hydrogen-bond donors (Lipinski definition) is 1. The third kappa shape index (κ3) is 2.35. The summed E-state index contributed by atoms with van der Waals surface area (Å²) in [5, 5.41) is 3.03. The Labute approximate surface area is 180 Å². The van der Waals surface area contributed by atoms with Gasteiger partial charge in [-0.1, -0.05) is 48.5 Å². The molecule has 0 saturated carbocycles. The van der Waals surface area contributed by atoms with Crippen molar-refractivity contribution < 1.29 is 19.1 Å². The molecule has 158 valence electrons. The number of hydrogen-bond acceptors (Lipinski definition) is 5. The molecule has 3 saturated heterocycles. The number of anilines is 1. The average Bonchev–Trinajstić information content (AvgIpc) is 3.53. The van der Waals surface area contributed by atoms with Crippen molar-refractivity contribution in [3.63, 3.8) is 0 Å². The Hall–Kier alpha value is -3.19. The minimum Gasteiger partial charge on any atom is -0.447 e. The van der Waals surface area contributed by atoms with Crippen LogP contribution in [-0.4, -0.2) is 53.4 Å². The van der Waals surface area contributed by atoms with E-state index in [-0.39, 0.29) is 36.9 Å². The highest BCUT2D eigenvalue weighted by atomic mass is 16.6. The van der Waals surface area contributed by atoms with Crippen molar-refractivity contribution in [2.45, 2.75) is 30.3 Å². The number of amides is 3. The van der Waals surface area contributed by atoms with E-state index in [4.69, 9.17) is 4.74 Å². The van der Waals surface area contributed by atoms with E-state index in [2.05, 4.69) is 10.2 Å². The number of benzene rings is 2. The Kier molecular flexibility index (Phi) is 3.99. The fourth-order valence-electron chi connectivity index (χ4n) is 6.31. The molecule has 3 fully saturated rings. The molecule has 4 aliphatic heterocycles. The normalized spacial score (nSPS) is 31.6. The van der Waals surface area contributed by atoms with Crippen LogP contribution >= 0.6 is 0 Å². The molecule has 7 nitrogen and oxygen atoms in total. The van der Waals surface area contributed by atoms with E-state index in [1.807, 2.05) is 54.6 Å². The standard InChI is InChI=1S/C24H23N3O4/c28-21(26-13-14-31-23(26)30)20-19(15-7-2-1-3-8-15)18-11-6-12-27(18)24(20)16-9-4-5-10-17(16)25-22(24)29/h1-5,7-10,18-20H,6,11-14H2,(H,25,29)/t18-,19-,20-,24+/m1/s1. The predicted octanol–water partition coefficient (Wildman–Crippen LogP) is 2.69. The van der Waals surface area contributed by atoms with Crippen molar-refractivity contribution in [2.24, 2.45) is 5.92 Å². The number of carbonyl (C=O) groups is 3. The van der Waals surface area contributed by atoms with E-state index in [0.29, 0.717) is 0 Å². The van der Waals surface area contributed by atoms with E-state index < -0.39 is 17.6 Å². The molecule has 0 unspecified atom stereocenters. The molecule has 31 heavy (non-hydrogen) atoms. The molecule has 3 amide bonds. The van der Waals surface area contributed by atoms with Gasteiger partial charge in [0.15, 0.2) is 0 Å². The van der Waals surface area contributed by atoms with Crippen LogP contribution in [0, 0.1) is 5.92 Å². The summed E-state index contributed by atoms with van der Waals surface area (Å²) in [4.78, 5) is 43.5. The summed E-state index contributed by atoms with van der Waals surface area (Å²) in [7, 11) is 0. The molecule has 0 aliphatic carbocycles. The van der Waals surface area contributed by atoms with Gasteiger partial charge in [0.25, 0.3) is 0 Å². The second-order valence-corrected chi connectivity index (χ2v) is 8.69. The van der Waals surface area contributed by atoms with Crippen molar-refractivity contribution in [3.05, 3.63) is 65.7 Å². The molecule has 1 N–H and O–H groups in total. The highest BCUT2D eigenvalue weighted by Crippen LogP contribution is 2.60. The molecular formula is C24H23N3O4. The summed E-state index contributed by atoms with van der Waals surface area (Å²) in [6.45, 7) is 1.15. The molecule has 0 bridgehead atoms. The summed E-state index contributed by atoms with van der Waals surface area (Å²) < 4.78 is 5.08. The van der Waals surface area contributed by atoms with Crippen LogP contribution in [0.2, 0.25) is 0 Å². The molecule has 2 aromatic rings. The lowest BCUT2D eigenvalue weighted by molar-refractivity contribution is -0.142. The third-order valence-corrected chi connectivity index (χ3v) is 7.39. The van der Waals surface area contributed by atoms with Crippen LogP contribution in [0.15, 0.2) is 54.6 Å². The summed E-state index contributed by atoms with van der Waals surface area (Å²) in [5.74, 6) is -1.40. The van der Waals surface area contributed by atoms with E-state index in [1.54, 1.807) is 0 Å². The van der Waals surface area contributed by atoms with Crippen molar-refractivity contribution in [1.29, 1.82) is 0 Å². The number of nitrogens with one attached hydrogen (secondary N) is 1. The van der Waals surface area contributed by atoms with Crippen LogP contribution in [0.5, 0.6) is 0 Å². The minimum atomic E-state index is -1.13. The summed E-state index contributed by atoms with van der Waals surface area (Å²) >= 11 is 0. The zero-order valence-corrected chi connectivity index (χ0v) is 17.0. The first-order chi connectivity index (χ1) is 15.1. The quantitative estimate of drug-likeness (QED) is 0.813. The largest absolute Gasteiger partial charge is 0.447 e. The zero-order valence-electron chi connectivity index (χ0n) is 17.0. The lowest BCUT2D eigenvalue weighted by atomic mass is 9.71. The molecule has 6 rings (SSSR count). The van der Waals surface area contributed by atoms with Gasteiger partial charge in [-0.2, -0.15) is 0 Å². The number of para-hydroxylation sites is 1. The van der Waals surface area contributed by atoms with Gasteiger partial charge in [0.1, 0.15) is 12.1 Å². The molecule has 4 atom stereocenters. The molecule has 0 radical (unpaired) electrons. The lowest BCUT2D eigenvalue weighted by Crippen LogP contribution is -2.55. The fourth-order valence-corrected chi connectivity index (χ4v) is 6.31. The molecular weight excluding hydrogens is 394 g/mol. The van der Waals surface area contributed by atoms with Crippen LogP contribution in [0.4, 0.5) is 10.5 Å². The molecule has 4 aliphatic rings. The fraction of sp³-hybridized carbons (Fsp3) is 0.375. The number of nitrogens with zero attached hydrogens (tertiary/aromatic N) is 2. The Morgan fingerprint density at radius 2 is 1.81 bits per heavy atom. The van der Waals surface area contributed by atoms with E-state index in [1.165, 1.54) is 4.90 Å². The maximum absolute atomic E-state index is 14.0.